The fourth-order valence-electron chi connectivity index (χ4n) is 1.52. The van der Waals surface area contributed by atoms with Crippen LogP contribution in [0, 0.1) is 0 Å². The highest BCUT2D eigenvalue weighted by molar-refractivity contribution is 7.80. The van der Waals surface area contributed by atoms with Gasteiger partial charge in [0, 0.05) is 31.5 Å². The van der Waals surface area contributed by atoms with Gasteiger partial charge in [0.15, 0.2) is 5.11 Å². The van der Waals surface area contributed by atoms with Crippen LogP contribution in [-0.2, 0) is 7.05 Å². The van der Waals surface area contributed by atoms with Crippen LogP contribution in [0.25, 0.3) is 10.9 Å². The van der Waals surface area contributed by atoms with E-state index in [1.54, 1.807) is 0 Å². The first-order valence-corrected chi connectivity index (χ1v) is 6.20. The van der Waals surface area contributed by atoms with Crippen molar-refractivity contribution in [3.05, 3.63) is 48.8 Å². The molecule has 2 heterocycles. The van der Waals surface area contributed by atoms with Crippen LogP contribution in [0.15, 0.2) is 48.8 Å². The molecule has 0 radical (unpaired) electrons. The number of aryl methyl sites for hydroxylation is 1. The Bertz CT molecular complexity index is 537. The highest BCUT2D eigenvalue weighted by Crippen LogP contribution is 2.12. The van der Waals surface area contributed by atoms with Gasteiger partial charge in [-0.15, -0.1) is 0 Å². The van der Waals surface area contributed by atoms with E-state index in [4.69, 9.17) is 0 Å². The standard InChI is InChI=1S/C9H9N.C3H6N2.CH4N2S/c1-10-7-6-8-4-2-3-5-9(8)10;1-2-4-5-3-1;2-1(3)4/h2-7H,1H3;1-2,4-5H,3H2;(H4,2,3,4). The molecule has 0 unspecified atom stereocenters. The number of thiocarbonyl (C=S) groups is 1. The maximum atomic E-state index is 4.62. The number of aromatic nitrogens is 1. The maximum Gasteiger partial charge on any atom is 0.160 e. The van der Waals surface area contributed by atoms with E-state index in [2.05, 4.69) is 82.7 Å². The molecule has 0 aliphatic carbocycles. The van der Waals surface area contributed by atoms with Crippen molar-refractivity contribution in [3.8, 4) is 0 Å². The number of rotatable bonds is 0. The fourth-order valence-corrected chi connectivity index (χ4v) is 1.52. The van der Waals surface area contributed by atoms with E-state index < -0.39 is 0 Å². The van der Waals surface area contributed by atoms with Crippen molar-refractivity contribution in [3.63, 3.8) is 0 Å². The van der Waals surface area contributed by atoms with E-state index in [-0.39, 0.29) is 5.11 Å². The minimum atomic E-state index is 0.000000000000000222. The van der Waals surface area contributed by atoms with Gasteiger partial charge in [-0.1, -0.05) is 24.3 Å². The highest BCUT2D eigenvalue weighted by atomic mass is 32.1. The van der Waals surface area contributed by atoms with Gasteiger partial charge in [-0.2, -0.15) is 0 Å². The molecule has 0 saturated heterocycles. The number of fused-ring (bicyclic) bond motifs is 1. The number of hydrogen-bond acceptors (Lipinski definition) is 3. The number of nitrogens with two attached hydrogens (primary N) is 2. The minimum Gasteiger partial charge on any atom is -0.377 e. The van der Waals surface area contributed by atoms with Crippen LogP contribution in [-0.4, -0.2) is 16.2 Å². The third kappa shape index (κ3) is 5.89. The lowest BCUT2D eigenvalue weighted by Gasteiger charge is -1.92. The maximum absolute atomic E-state index is 4.62. The lowest BCUT2D eigenvalue weighted by molar-refractivity contribution is 0.727. The van der Waals surface area contributed by atoms with Gasteiger partial charge in [-0.25, -0.2) is 5.43 Å². The van der Waals surface area contributed by atoms with Gasteiger partial charge in [0.05, 0.1) is 0 Å². The van der Waals surface area contributed by atoms with Crippen molar-refractivity contribution in [2.45, 2.75) is 0 Å². The molecule has 19 heavy (non-hydrogen) atoms. The third-order valence-electron chi connectivity index (χ3n) is 2.32. The van der Waals surface area contributed by atoms with E-state index in [1.165, 1.54) is 10.9 Å². The summed E-state index contributed by atoms with van der Waals surface area (Å²) < 4.78 is 2.12. The zero-order valence-corrected chi connectivity index (χ0v) is 11.7. The summed E-state index contributed by atoms with van der Waals surface area (Å²) in [6.45, 7) is 0.958. The lowest BCUT2D eigenvalue weighted by Crippen LogP contribution is -2.19. The Morgan fingerprint density at radius 3 is 2.42 bits per heavy atom. The molecule has 0 saturated carbocycles. The van der Waals surface area contributed by atoms with Gasteiger partial charge in [0.1, 0.15) is 0 Å². The van der Waals surface area contributed by atoms with Gasteiger partial charge < -0.3 is 21.5 Å². The summed E-state index contributed by atoms with van der Waals surface area (Å²) in [5.41, 5.74) is 16.2. The SMILES string of the molecule is C1=CNNC1.Cn1ccc2ccccc21.NC(N)=S. The number of nitrogens with one attached hydrogen (secondary N) is 2. The van der Waals surface area contributed by atoms with Crippen molar-refractivity contribution in [2.75, 3.05) is 6.54 Å². The second-order valence-electron chi connectivity index (χ2n) is 3.82. The average Bonchev–Trinajstić information content (AvgIpc) is 3.03. The van der Waals surface area contributed by atoms with E-state index in [1.807, 2.05) is 12.3 Å². The summed E-state index contributed by atoms with van der Waals surface area (Å²) in [5.74, 6) is 0. The fraction of sp³-hybridized carbons (Fsp3) is 0.154. The second kappa shape index (κ2) is 8.12. The zero-order chi connectivity index (χ0) is 14.1. The Balaban J connectivity index is 0.000000169. The summed E-state index contributed by atoms with van der Waals surface area (Å²) in [5, 5.41) is 1.31. The molecule has 1 aromatic carbocycles. The van der Waals surface area contributed by atoms with Crippen LogP contribution in [0.2, 0.25) is 0 Å². The molecular formula is C13H19N5S. The van der Waals surface area contributed by atoms with Crippen LogP contribution in [0.4, 0.5) is 0 Å². The predicted molar refractivity (Wildman–Crippen MR) is 84.2 cm³/mol. The number of para-hydroxylation sites is 1. The topological polar surface area (TPSA) is 81.0 Å². The molecule has 1 aromatic heterocycles. The summed E-state index contributed by atoms with van der Waals surface area (Å²) in [6.07, 6.45) is 5.96. The van der Waals surface area contributed by atoms with Crippen LogP contribution in [0.1, 0.15) is 0 Å². The Morgan fingerprint density at radius 1 is 1.26 bits per heavy atom. The van der Waals surface area contributed by atoms with Gasteiger partial charge in [-0.3, -0.25) is 0 Å². The van der Waals surface area contributed by atoms with Crippen LogP contribution in [0.5, 0.6) is 0 Å². The first-order chi connectivity index (χ1) is 9.11. The van der Waals surface area contributed by atoms with Crippen molar-refractivity contribution < 1.29 is 0 Å². The smallest absolute Gasteiger partial charge is 0.160 e. The number of hydrogen-bond donors (Lipinski definition) is 4. The predicted octanol–water partition coefficient (Wildman–Crippen LogP) is 0.975. The first kappa shape index (κ1) is 15.0. The lowest BCUT2D eigenvalue weighted by atomic mass is 10.2. The normalized spacial score (nSPS) is 11.8. The molecule has 0 amide bonds. The number of hydrazine groups is 1. The molecule has 102 valence electrons. The molecule has 2 aromatic rings. The first-order valence-electron chi connectivity index (χ1n) is 5.79. The molecule has 0 atom stereocenters. The zero-order valence-electron chi connectivity index (χ0n) is 10.8. The van der Waals surface area contributed by atoms with Gasteiger partial charge in [0.2, 0.25) is 0 Å². The molecule has 3 rings (SSSR count). The second-order valence-corrected chi connectivity index (χ2v) is 4.29. The summed E-state index contributed by atoms with van der Waals surface area (Å²) in [6, 6.07) is 10.5. The Labute approximate surface area is 118 Å². The Kier molecular flexibility index (Phi) is 6.42. The largest absolute Gasteiger partial charge is 0.377 e. The van der Waals surface area contributed by atoms with Crippen molar-refractivity contribution in [2.24, 2.45) is 18.5 Å². The molecule has 6 heteroatoms. The van der Waals surface area contributed by atoms with E-state index >= 15 is 0 Å². The summed E-state index contributed by atoms with van der Waals surface area (Å²) >= 11 is 4.09. The Morgan fingerprint density at radius 2 is 1.95 bits per heavy atom. The molecular weight excluding hydrogens is 258 g/mol. The molecule has 0 bridgehead atoms. The summed E-state index contributed by atoms with van der Waals surface area (Å²) in [7, 11) is 2.06. The minimum absolute atomic E-state index is 0.000000000000000222. The number of benzene rings is 1. The quantitative estimate of drug-likeness (QED) is 0.540. The molecule has 1 aliphatic heterocycles. The highest BCUT2D eigenvalue weighted by Gasteiger charge is 1.92. The van der Waals surface area contributed by atoms with Crippen LogP contribution in [0.3, 0.4) is 0 Å². The van der Waals surface area contributed by atoms with E-state index in [0.717, 1.165) is 6.54 Å². The average molecular weight is 277 g/mol. The van der Waals surface area contributed by atoms with E-state index in [9.17, 15) is 0 Å². The molecule has 0 fully saturated rings. The third-order valence-corrected chi connectivity index (χ3v) is 2.32. The van der Waals surface area contributed by atoms with Crippen molar-refractivity contribution in [1.29, 1.82) is 0 Å². The summed E-state index contributed by atoms with van der Waals surface area (Å²) in [4.78, 5) is 0. The molecule has 5 nitrogen and oxygen atoms in total. The number of nitrogens with zero attached hydrogens (tertiary/aromatic N) is 1. The van der Waals surface area contributed by atoms with Crippen LogP contribution >= 0.6 is 12.2 Å². The molecule has 0 spiro atoms. The van der Waals surface area contributed by atoms with Gasteiger partial charge in [0.25, 0.3) is 0 Å². The van der Waals surface area contributed by atoms with Crippen LogP contribution < -0.4 is 22.3 Å². The van der Waals surface area contributed by atoms with Gasteiger partial charge >= 0.3 is 0 Å². The van der Waals surface area contributed by atoms with Crippen molar-refractivity contribution in [1.82, 2.24) is 15.4 Å². The van der Waals surface area contributed by atoms with Crippen molar-refractivity contribution >= 4 is 28.2 Å². The van der Waals surface area contributed by atoms with Gasteiger partial charge in [-0.05, 0) is 29.7 Å². The Hall–Kier alpha value is -2.05. The molecule has 6 N–H and O–H groups in total. The monoisotopic (exact) mass is 277 g/mol. The molecule has 1 aliphatic rings. The van der Waals surface area contributed by atoms with E-state index in [0.29, 0.717) is 0 Å².